The maximum Gasteiger partial charge on any atom is 0.573 e. The molecule has 4 aromatic rings. The highest BCUT2D eigenvalue weighted by atomic mass is 32.1. The Morgan fingerprint density at radius 1 is 1.17 bits per heavy atom. The molecular weight excluding hydrogens is 578 g/mol. The molecule has 1 N–H and O–H groups in total. The number of hydrogen-bond donors (Lipinski definition) is 1. The Hall–Kier alpha value is -3.71. The fraction of sp³-hybridized carbons (Fsp3) is 0.414. The fourth-order valence-corrected chi connectivity index (χ4v) is 7.23. The number of carbonyl (C=O) groups is 1. The second-order valence-electron chi connectivity index (χ2n) is 11.0. The van der Waals surface area contributed by atoms with Gasteiger partial charge < -0.3 is 24.0 Å². The van der Waals surface area contributed by atoms with Gasteiger partial charge in [0.25, 0.3) is 0 Å². The largest absolute Gasteiger partial charge is 0.573 e. The van der Waals surface area contributed by atoms with E-state index in [1.54, 1.807) is 6.07 Å². The van der Waals surface area contributed by atoms with Gasteiger partial charge in [-0.2, -0.15) is 0 Å². The summed E-state index contributed by atoms with van der Waals surface area (Å²) in [6.07, 6.45) is -0.557. The molecule has 2 aromatic carbocycles. The number of fused-ring (bicyclic) bond motifs is 4. The van der Waals surface area contributed by atoms with Crippen LogP contribution in [-0.2, 0) is 11.3 Å². The van der Waals surface area contributed by atoms with Crippen LogP contribution in [0, 0.1) is 11.7 Å². The first-order chi connectivity index (χ1) is 20.1. The van der Waals surface area contributed by atoms with E-state index in [1.165, 1.54) is 35.6 Å². The molecule has 2 aliphatic carbocycles. The SMILES string of the molecule is O=C(O)c1cc(F)c2nc(N3C[C@@H]4CC[C@H]3C[C@H]4OCc3c(-c4ccccc4OC(F)(F)F)noc3C3CC3)sc2c1. The van der Waals surface area contributed by atoms with Crippen LogP contribution in [0.5, 0.6) is 5.75 Å². The fourth-order valence-electron chi connectivity index (χ4n) is 6.13. The zero-order valence-corrected chi connectivity index (χ0v) is 22.9. The van der Waals surface area contributed by atoms with Crippen LogP contribution in [0.2, 0.25) is 0 Å². The van der Waals surface area contributed by atoms with Gasteiger partial charge in [0.1, 0.15) is 22.7 Å². The molecule has 4 aliphatic rings. The van der Waals surface area contributed by atoms with E-state index in [4.69, 9.17) is 9.26 Å². The number of piperidine rings is 2. The molecule has 3 atom stereocenters. The van der Waals surface area contributed by atoms with Crippen molar-refractivity contribution in [3.63, 3.8) is 0 Å². The quantitative estimate of drug-likeness (QED) is 0.212. The molecule has 2 bridgehead atoms. The highest BCUT2D eigenvalue weighted by Gasteiger charge is 2.43. The molecule has 2 saturated carbocycles. The van der Waals surface area contributed by atoms with Crippen molar-refractivity contribution in [3.8, 4) is 17.0 Å². The Balaban J connectivity index is 1.10. The van der Waals surface area contributed by atoms with Crippen LogP contribution in [-0.4, -0.2) is 46.3 Å². The molecular formula is C29H25F4N3O5S. The smallest absolute Gasteiger partial charge is 0.478 e. The highest BCUT2D eigenvalue weighted by molar-refractivity contribution is 7.22. The molecule has 0 amide bonds. The monoisotopic (exact) mass is 603 g/mol. The Morgan fingerprint density at radius 2 is 1.98 bits per heavy atom. The van der Waals surface area contributed by atoms with E-state index < -0.39 is 18.1 Å². The van der Waals surface area contributed by atoms with Crippen LogP contribution in [0.4, 0.5) is 22.7 Å². The first-order valence-electron chi connectivity index (χ1n) is 13.7. The molecule has 0 unspecified atom stereocenters. The Labute approximate surface area is 240 Å². The third-order valence-electron chi connectivity index (χ3n) is 8.28. The first kappa shape index (κ1) is 27.1. The summed E-state index contributed by atoms with van der Waals surface area (Å²) >= 11 is 1.28. The lowest BCUT2D eigenvalue weighted by Crippen LogP contribution is -2.55. The van der Waals surface area contributed by atoms with Gasteiger partial charge in [0, 0.05) is 35.5 Å². The number of para-hydroxylation sites is 1. The van der Waals surface area contributed by atoms with Gasteiger partial charge in [0.2, 0.25) is 0 Å². The summed E-state index contributed by atoms with van der Waals surface area (Å²) in [5.74, 6) is -1.23. The molecule has 4 heterocycles. The van der Waals surface area contributed by atoms with E-state index in [0.717, 1.165) is 31.7 Å². The van der Waals surface area contributed by atoms with Gasteiger partial charge in [-0.25, -0.2) is 14.2 Å². The van der Waals surface area contributed by atoms with Crippen LogP contribution in [0.15, 0.2) is 40.9 Å². The van der Waals surface area contributed by atoms with Crippen molar-refractivity contribution in [1.82, 2.24) is 10.1 Å². The standard InChI is InChI=1S/C29H25F4N3O5S/c30-20-9-16(27(37)38)10-23-25(20)34-28(42-23)36-12-15-7-8-17(36)11-22(15)39-13-19-24(35-41-26(19)14-5-6-14)18-3-1-2-4-21(18)40-29(31,32)33/h1-4,9-10,14-15,17,22H,5-8,11-13H2,(H,37,38)/t15-,17-,22+/m0/s1. The lowest BCUT2D eigenvalue weighted by molar-refractivity contribution is -0.274. The second-order valence-corrected chi connectivity index (χ2v) is 12.0. The second kappa shape index (κ2) is 10.2. The zero-order valence-electron chi connectivity index (χ0n) is 22.1. The van der Waals surface area contributed by atoms with Crippen molar-refractivity contribution in [3.05, 3.63) is 59.1 Å². The average molecular weight is 604 g/mol. The topological polar surface area (TPSA) is 97.9 Å². The van der Waals surface area contributed by atoms with Gasteiger partial charge >= 0.3 is 12.3 Å². The number of anilines is 1. The predicted molar refractivity (Wildman–Crippen MR) is 144 cm³/mol. The Bertz CT molecular complexity index is 1670. The minimum absolute atomic E-state index is 0.0961. The number of ether oxygens (including phenoxy) is 2. The summed E-state index contributed by atoms with van der Waals surface area (Å²) in [7, 11) is 0. The van der Waals surface area contributed by atoms with Gasteiger partial charge in [-0.3, -0.25) is 0 Å². The number of nitrogens with zero attached hydrogens (tertiary/aromatic N) is 3. The molecule has 2 aromatic heterocycles. The summed E-state index contributed by atoms with van der Waals surface area (Å²) in [5, 5.41) is 14.1. The predicted octanol–water partition coefficient (Wildman–Crippen LogP) is 7.14. The van der Waals surface area contributed by atoms with Gasteiger partial charge in [-0.15, -0.1) is 13.2 Å². The van der Waals surface area contributed by atoms with Crippen molar-refractivity contribution in [2.45, 2.75) is 63.1 Å². The zero-order chi connectivity index (χ0) is 29.2. The molecule has 4 fully saturated rings. The average Bonchev–Trinajstić information content (AvgIpc) is 3.56. The third-order valence-corrected chi connectivity index (χ3v) is 9.32. The number of thiazole rings is 1. The number of aromatic carboxylic acids is 1. The van der Waals surface area contributed by atoms with E-state index >= 15 is 0 Å². The maximum atomic E-state index is 14.6. The number of alkyl halides is 3. The van der Waals surface area contributed by atoms with Crippen molar-refractivity contribution >= 4 is 32.7 Å². The van der Waals surface area contributed by atoms with Gasteiger partial charge in [-0.1, -0.05) is 28.6 Å². The number of rotatable bonds is 8. The highest BCUT2D eigenvalue weighted by Crippen LogP contribution is 2.47. The van der Waals surface area contributed by atoms with Crippen molar-refractivity contribution in [1.29, 1.82) is 0 Å². The number of aromatic nitrogens is 2. The summed E-state index contributed by atoms with van der Waals surface area (Å²) < 4.78 is 70.8. The molecule has 8 nitrogen and oxygen atoms in total. The molecule has 8 rings (SSSR count). The maximum absolute atomic E-state index is 14.6. The number of carboxylic acids is 1. The summed E-state index contributed by atoms with van der Waals surface area (Å²) in [5.41, 5.74) is 1.17. The van der Waals surface area contributed by atoms with Crippen LogP contribution >= 0.6 is 11.3 Å². The number of halogens is 4. The van der Waals surface area contributed by atoms with Crippen LogP contribution in [0.1, 0.15) is 59.7 Å². The molecule has 2 saturated heterocycles. The van der Waals surface area contributed by atoms with E-state index in [1.807, 2.05) is 0 Å². The summed E-state index contributed by atoms with van der Waals surface area (Å²) in [6.45, 7) is 0.792. The van der Waals surface area contributed by atoms with E-state index in [-0.39, 0.29) is 58.7 Å². The van der Waals surface area contributed by atoms with Gasteiger partial charge in [0.05, 0.1) is 23.0 Å². The number of benzene rings is 2. The molecule has 42 heavy (non-hydrogen) atoms. The minimum atomic E-state index is -4.85. The van der Waals surface area contributed by atoms with Gasteiger partial charge in [-0.05, 0) is 56.4 Å². The lowest BCUT2D eigenvalue weighted by atomic mass is 9.78. The third kappa shape index (κ3) is 5.08. The molecule has 2 aliphatic heterocycles. The van der Waals surface area contributed by atoms with Crippen molar-refractivity contribution < 1.29 is 41.5 Å². The van der Waals surface area contributed by atoms with Crippen LogP contribution in [0.3, 0.4) is 0 Å². The first-order valence-corrected chi connectivity index (χ1v) is 14.5. The van der Waals surface area contributed by atoms with Crippen LogP contribution in [0.25, 0.3) is 21.5 Å². The minimum Gasteiger partial charge on any atom is -0.478 e. The Kier molecular flexibility index (Phi) is 6.61. The summed E-state index contributed by atoms with van der Waals surface area (Å²) in [4.78, 5) is 18.0. The van der Waals surface area contributed by atoms with E-state index in [9.17, 15) is 27.5 Å². The van der Waals surface area contributed by atoms with Crippen molar-refractivity contribution in [2.75, 3.05) is 11.4 Å². The molecule has 0 radical (unpaired) electrons. The molecule has 13 heteroatoms. The van der Waals surface area contributed by atoms with E-state index in [0.29, 0.717) is 34.1 Å². The molecule has 220 valence electrons. The summed E-state index contributed by atoms with van der Waals surface area (Å²) in [6, 6.07) is 8.42. The lowest BCUT2D eigenvalue weighted by Gasteiger charge is -2.49. The number of carboxylic acid groups (broad SMARTS) is 1. The van der Waals surface area contributed by atoms with Crippen LogP contribution < -0.4 is 9.64 Å². The number of hydrogen-bond acceptors (Lipinski definition) is 8. The van der Waals surface area contributed by atoms with Crippen molar-refractivity contribution in [2.24, 2.45) is 5.92 Å². The normalized spacial score (nSPS) is 22.2. The Morgan fingerprint density at radius 3 is 2.69 bits per heavy atom. The van der Waals surface area contributed by atoms with Gasteiger partial charge in [0.15, 0.2) is 10.9 Å². The molecule has 0 spiro atoms. The van der Waals surface area contributed by atoms with E-state index in [2.05, 4.69) is 19.8 Å².